The quantitative estimate of drug-likeness (QED) is 0.469. The average Bonchev–Trinajstić information content (AvgIpc) is 2.38. The van der Waals surface area contributed by atoms with Crippen LogP contribution in [-0.2, 0) is 9.47 Å². The second kappa shape index (κ2) is 9.28. The minimum absolute atomic E-state index is 0.0486. The molecular formula is C9H16N4O8. The van der Waals surface area contributed by atoms with Crippen molar-refractivity contribution in [3.05, 3.63) is 20.2 Å². The zero-order valence-electron chi connectivity index (χ0n) is 11.6. The summed E-state index contributed by atoms with van der Waals surface area (Å²) in [6.45, 7) is 1.96. The van der Waals surface area contributed by atoms with Gasteiger partial charge in [-0.15, -0.1) is 0 Å². The minimum Gasteiger partial charge on any atom is -0.446 e. The van der Waals surface area contributed by atoms with Gasteiger partial charge in [-0.05, 0) is 30.3 Å². The van der Waals surface area contributed by atoms with Gasteiger partial charge in [0.15, 0.2) is 10.1 Å². The van der Waals surface area contributed by atoms with E-state index in [4.69, 9.17) is 0 Å². The maximum atomic E-state index is 11.3. The van der Waals surface area contributed by atoms with Crippen molar-refractivity contribution in [1.82, 2.24) is 10.0 Å². The van der Waals surface area contributed by atoms with E-state index < -0.39 is 35.3 Å². The molecule has 0 fully saturated rings. The second-order valence-corrected chi connectivity index (χ2v) is 3.47. The summed E-state index contributed by atoms with van der Waals surface area (Å²) < 4.78 is 8.93. The zero-order valence-corrected chi connectivity index (χ0v) is 11.6. The van der Waals surface area contributed by atoms with Crippen molar-refractivity contribution in [1.29, 1.82) is 0 Å². The number of hydrazine groups is 2. The van der Waals surface area contributed by atoms with Crippen LogP contribution in [-0.4, -0.2) is 58.6 Å². The Bertz CT molecular complexity index is 365. The fourth-order valence-electron chi connectivity index (χ4n) is 1.25. The van der Waals surface area contributed by atoms with Crippen molar-refractivity contribution in [3.8, 4) is 0 Å². The lowest BCUT2D eigenvalue weighted by Gasteiger charge is -2.14. The molecule has 0 rings (SSSR count). The maximum absolute atomic E-state index is 11.3. The van der Waals surface area contributed by atoms with Crippen LogP contribution >= 0.6 is 0 Å². The molecule has 0 bridgehead atoms. The number of hydrogen-bond donors (Lipinski definition) is 0. The summed E-state index contributed by atoms with van der Waals surface area (Å²) in [6, 6.07) is 0. The van der Waals surface area contributed by atoms with Gasteiger partial charge < -0.3 is 9.47 Å². The molecule has 120 valence electrons. The molecule has 0 aromatic carbocycles. The van der Waals surface area contributed by atoms with Gasteiger partial charge in [0.1, 0.15) is 0 Å². The van der Waals surface area contributed by atoms with Crippen molar-refractivity contribution >= 4 is 12.2 Å². The van der Waals surface area contributed by atoms with E-state index in [0.29, 0.717) is 0 Å². The minimum atomic E-state index is -1.17. The third-order valence-corrected chi connectivity index (χ3v) is 2.09. The van der Waals surface area contributed by atoms with Gasteiger partial charge in [0.25, 0.3) is 0 Å². The third-order valence-electron chi connectivity index (χ3n) is 2.09. The number of ether oxygens (including phenoxy) is 2. The van der Waals surface area contributed by atoms with E-state index in [1.54, 1.807) is 0 Å². The summed E-state index contributed by atoms with van der Waals surface area (Å²) in [7, 11) is 0. The summed E-state index contributed by atoms with van der Waals surface area (Å²) in [5, 5.41) is 19.7. The number of hydrogen-bond acceptors (Lipinski definition) is 8. The lowest BCUT2D eigenvalue weighted by atomic mass is 10.4. The largest absolute Gasteiger partial charge is 0.468 e. The van der Waals surface area contributed by atoms with Crippen molar-refractivity contribution < 1.29 is 29.1 Å². The highest BCUT2D eigenvalue weighted by Gasteiger charge is 2.29. The summed E-state index contributed by atoms with van der Waals surface area (Å²) in [5.74, 6) is 0. The van der Waals surface area contributed by atoms with Crippen LogP contribution in [0.1, 0.15) is 20.3 Å². The highest BCUT2D eigenvalue weighted by molar-refractivity contribution is 5.66. The average molecular weight is 308 g/mol. The fourth-order valence-corrected chi connectivity index (χ4v) is 1.25. The Morgan fingerprint density at radius 3 is 1.48 bits per heavy atom. The number of nitrogens with zero attached hydrogens (tertiary/aromatic N) is 4. The summed E-state index contributed by atoms with van der Waals surface area (Å²) in [6.07, 6.45) is -2.54. The van der Waals surface area contributed by atoms with Gasteiger partial charge in [-0.1, -0.05) is 0 Å². The molecule has 12 nitrogen and oxygen atoms in total. The zero-order chi connectivity index (χ0) is 16.4. The second-order valence-electron chi connectivity index (χ2n) is 3.47. The first-order valence-electron chi connectivity index (χ1n) is 6.02. The predicted molar refractivity (Wildman–Crippen MR) is 66.1 cm³/mol. The van der Waals surface area contributed by atoms with Crippen molar-refractivity contribution in [2.75, 3.05) is 26.3 Å². The summed E-state index contributed by atoms with van der Waals surface area (Å²) >= 11 is 0. The molecule has 21 heavy (non-hydrogen) atoms. The number of rotatable bonds is 8. The summed E-state index contributed by atoms with van der Waals surface area (Å²) in [5.41, 5.74) is 0. The van der Waals surface area contributed by atoms with Crippen LogP contribution in [0.5, 0.6) is 0 Å². The monoisotopic (exact) mass is 308 g/mol. The number of carbonyl (C=O) groups excluding carboxylic acids is 2. The molecule has 12 heteroatoms. The van der Waals surface area contributed by atoms with Crippen LogP contribution in [0.2, 0.25) is 0 Å². The standard InChI is InChI=1S/C9H16N4O8/c1-3-20-8(14)10(12(16)17)6-5-7-11(13(18)19)9(15)21-4-2/h3-7H2,1-2H3. The topological polar surface area (TPSA) is 145 Å². The van der Waals surface area contributed by atoms with Crippen molar-refractivity contribution in [3.63, 3.8) is 0 Å². The molecule has 0 aromatic heterocycles. The molecule has 2 amide bonds. The molecule has 0 heterocycles. The highest BCUT2D eigenvalue weighted by atomic mass is 16.7. The molecule has 0 aliphatic carbocycles. The Hall–Kier alpha value is -2.66. The van der Waals surface area contributed by atoms with Crippen LogP contribution in [0.4, 0.5) is 9.59 Å². The first-order chi connectivity index (χ1) is 9.84. The molecule has 0 N–H and O–H groups in total. The van der Waals surface area contributed by atoms with Crippen LogP contribution in [0, 0.1) is 20.2 Å². The van der Waals surface area contributed by atoms with Gasteiger partial charge in [0.05, 0.1) is 26.3 Å². The van der Waals surface area contributed by atoms with E-state index in [9.17, 15) is 29.8 Å². The van der Waals surface area contributed by atoms with Crippen molar-refractivity contribution in [2.24, 2.45) is 0 Å². The SMILES string of the molecule is CCOC(=O)N(CCCN(C(=O)OCC)[N+](=O)[O-])[N+](=O)[O-]. The van der Waals surface area contributed by atoms with Crippen molar-refractivity contribution in [2.45, 2.75) is 20.3 Å². The molecular weight excluding hydrogens is 292 g/mol. The molecule has 0 aliphatic heterocycles. The van der Waals surface area contributed by atoms with Gasteiger partial charge >= 0.3 is 12.2 Å². The van der Waals surface area contributed by atoms with E-state index in [1.807, 2.05) is 0 Å². The highest BCUT2D eigenvalue weighted by Crippen LogP contribution is 2.01. The molecule has 0 aliphatic rings. The Balaban J connectivity index is 4.52. The Morgan fingerprint density at radius 2 is 1.24 bits per heavy atom. The first-order valence-corrected chi connectivity index (χ1v) is 6.02. The Labute approximate surface area is 119 Å². The van der Waals surface area contributed by atoms with Crippen LogP contribution in [0.15, 0.2) is 0 Å². The predicted octanol–water partition coefficient (Wildman–Crippen LogP) is 0.677. The number of nitro groups is 2. The third kappa shape index (κ3) is 6.35. The van der Waals surface area contributed by atoms with Gasteiger partial charge in [-0.2, -0.15) is 0 Å². The van der Waals surface area contributed by atoms with Crippen LogP contribution in [0.3, 0.4) is 0 Å². The Kier molecular flexibility index (Phi) is 8.10. The molecule has 0 saturated carbocycles. The Morgan fingerprint density at radius 1 is 0.905 bits per heavy atom. The molecule has 0 radical (unpaired) electrons. The molecule has 0 unspecified atom stereocenters. The normalized spacial score (nSPS) is 9.62. The van der Waals surface area contributed by atoms with E-state index in [2.05, 4.69) is 9.47 Å². The van der Waals surface area contributed by atoms with Crippen LogP contribution in [0.25, 0.3) is 0 Å². The fraction of sp³-hybridized carbons (Fsp3) is 0.778. The molecule has 0 atom stereocenters. The molecule has 0 spiro atoms. The maximum Gasteiger partial charge on any atom is 0.468 e. The molecule has 0 saturated heterocycles. The van der Waals surface area contributed by atoms with Gasteiger partial charge in [0.2, 0.25) is 0 Å². The number of carbonyl (C=O) groups is 2. The molecule has 0 aromatic rings. The summed E-state index contributed by atoms with van der Waals surface area (Å²) in [4.78, 5) is 43.8. The smallest absolute Gasteiger partial charge is 0.446 e. The number of amides is 2. The van der Waals surface area contributed by atoms with Gasteiger partial charge in [-0.3, -0.25) is 0 Å². The van der Waals surface area contributed by atoms with E-state index in [-0.39, 0.29) is 29.7 Å². The lowest BCUT2D eigenvalue weighted by Crippen LogP contribution is -2.41. The van der Waals surface area contributed by atoms with E-state index in [0.717, 1.165) is 0 Å². The van der Waals surface area contributed by atoms with E-state index >= 15 is 0 Å². The first kappa shape index (κ1) is 18.3. The van der Waals surface area contributed by atoms with Gasteiger partial charge in [-0.25, -0.2) is 29.8 Å². The van der Waals surface area contributed by atoms with Gasteiger partial charge in [0, 0.05) is 0 Å². The van der Waals surface area contributed by atoms with E-state index in [1.165, 1.54) is 13.8 Å². The van der Waals surface area contributed by atoms with Crippen LogP contribution < -0.4 is 0 Å². The lowest BCUT2D eigenvalue weighted by molar-refractivity contribution is -0.641.